The average molecular weight is 308 g/mol. The zero-order valence-corrected chi connectivity index (χ0v) is 12.7. The first-order valence-corrected chi connectivity index (χ1v) is 7.51. The molecule has 1 aromatic heterocycles. The maximum Gasteiger partial charge on any atom is 0.227 e. The highest BCUT2D eigenvalue weighted by molar-refractivity contribution is 6.30. The van der Waals surface area contributed by atoms with Crippen LogP contribution in [0.3, 0.4) is 0 Å². The topological polar surface area (TPSA) is 60.2 Å². The maximum absolute atomic E-state index is 5.97. The van der Waals surface area contributed by atoms with Gasteiger partial charge in [0.2, 0.25) is 11.7 Å². The van der Waals surface area contributed by atoms with E-state index >= 15 is 0 Å². The summed E-state index contributed by atoms with van der Waals surface area (Å²) in [5.74, 6) is 2.50. The Bertz CT molecular complexity index is 609. The van der Waals surface area contributed by atoms with Crippen molar-refractivity contribution in [2.75, 3.05) is 20.2 Å². The van der Waals surface area contributed by atoms with Crippen LogP contribution in [0.1, 0.15) is 18.7 Å². The van der Waals surface area contributed by atoms with Crippen molar-refractivity contribution in [1.82, 2.24) is 15.5 Å². The van der Waals surface area contributed by atoms with Crippen LogP contribution in [0.4, 0.5) is 0 Å². The number of rotatable bonds is 4. The van der Waals surface area contributed by atoms with Crippen molar-refractivity contribution >= 4 is 11.6 Å². The van der Waals surface area contributed by atoms with Gasteiger partial charge in [-0.25, -0.2) is 0 Å². The minimum atomic E-state index is 0.549. The fourth-order valence-electron chi connectivity index (χ4n) is 2.63. The molecule has 1 N–H and O–H groups in total. The zero-order valence-electron chi connectivity index (χ0n) is 11.9. The summed E-state index contributed by atoms with van der Waals surface area (Å²) in [6, 6.07) is 5.39. The molecule has 5 nitrogen and oxygen atoms in total. The predicted molar refractivity (Wildman–Crippen MR) is 80.6 cm³/mol. The number of nitrogens with one attached hydrogen (secondary N) is 1. The van der Waals surface area contributed by atoms with Gasteiger partial charge in [0.25, 0.3) is 0 Å². The Morgan fingerprint density at radius 3 is 2.95 bits per heavy atom. The van der Waals surface area contributed by atoms with Crippen molar-refractivity contribution in [2.45, 2.75) is 19.3 Å². The lowest BCUT2D eigenvalue weighted by atomic mass is 9.95. The van der Waals surface area contributed by atoms with E-state index in [1.807, 2.05) is 6.07 Å². The zero-order chi connectivity index (χ0) is 14.7. The molecule has 0 spiro atoms. The molecule has 0 aliphatic carbocycles. The highest BCUT2D eigenvalue weighted by Crippen LogP contribution is 2.31. The van der Waals surface area contributed by atoms with Crippen molar-refractivity contribution < 1.29 is 9.26 Å². The Kier molecular flexibility index (Phi) is 4.41. The van der Waals surface area contributed by atoms with E-state index in [9.17, 15) is 0 Å². The van der Waals surface area contributed by atoms with Crippen LogP contribution in [0.5, 0.6) is 5.75 Å². The van der Waals surface area contributed by atoms with Gasteiger partial charge >= 0.3 is 0 Å². The molecule has 0 amide bonds. The molecule has 0 atom stereocenters. The lowest BCUT2D eigenvalue weighted by Crippen LogP contribution is -2.28. The Morgan fingerprint density at radius 1 is 1.38 bits per heavy atom. The molecule has 1 fully saturated rings. The molecule has 0 saturated carbocycles. The molecule has 1 aliphatic rings. The van der Waals surface area contributed by atoms with E-state index in [1.54, 1.807) is 19.2 Å². The van der Waals surface area contributed by atoms with Crippen LogP contribution in [0, 0.1) is 5.92 Å². The summed E-state index contributed by atoms with van der Waals surface area (Å²) in [7, 11) is 1.60. The molecule has 2 heterocycles. The summed E-state index contributed by atoms with van der Waals surface area (Å²) in [4.78, 5) is 4.49. The Morgan fingerprint density at radius 2 is 2.19 bits per heavy atom. The first kappa shape index (κ1) is 14.4. The lowest BCUT2D eigenvalue weighted by Gasteiger charge is -2.20. The van der Waals surface area contributed by atoms with Gasteiger partial charge in [-0.2, -0.15) is 4.98 Å². The van der Waals surface area contributed by atoms with Crippen LogP contribution in [-0.2, 0) is 6.42 Å². The third-order valence-electron chi connectivity index (χ3n) is 3.79. The summed E-state index contributed by atoms with van der Waals surface area (Å²) in [5, 5.41) is 8.04. The summed E-state index contributed by atoms with van der Waals surface area (Å²) >= 11 is 5.97. The summed E-state index contributed by atoms with van der Waals surface area (Å²) in [6.45, 7) is 2.13. The lowest BCUT2D eigenvalue weighted by molar-refractivity contribution is 0.313. The van der Waals surface area contributed by atoms with Crippen LogP contribution in [0.15, 0.2) is 22.7 Å². The number of halogens is 1. The van der Waals surface area contributed by atoms with Crippen molar-refractivity contribution in [3.05, 3.63) is 29.1 Å². The second-order valence-corrected chi connectivity index (χ2v) is 5.69. The predicted octanol–water partition coefficient (Wildman–Crippen LogP) is 2.94. The molecule has 21 heavy (non-hydrogen) atoms. The minimum absolute atomic E-state index is 0.549. The van der Waals surface area contributed by atoms with Gasteiger partial charge in [0.15, 0.2) is 0 Å². The van der Waals surface area contributed by atoms with Gasteiger partial charge in [0.05, 0.1) is 12.7 Å². The number of methoxy groups -OCH3 is 1. The number of hydrogen-bond donors (Lipinski definition) is 1. The molecule has 1 saturated heterocycles. The van der Waals surface area contributed by atoms with E-state index in [4.69, 9.17) is 20.9 Å². The molecule has 1 aliphatic heterocycles. The molecule has 0 unspecified atom stereocenters. The maximum atomic E-state index is 5.97. The molecule has 2 aromatic rings. The van der Waals surface area contributed by atoms with Crippen LogP contribution in [-0.4, -0.2) is 30.3 Å². The normalized spacial score (nSPS) is 16.1. The molecule has 112 valence electrons. The highest BCUT2D eigenvalue weighted by atomic mass is 35.5. The van der Waals surface area contributed by atoms with E-state index in [-0.39, 0.29) is 0 Å². The molecule has 1 aromatic carbocycles. The van der Waals surface area contributed by atoms with Gasteiger partial charge in [0.1, 0.15) is 5.75 Å². The van der Waals surface area contributed by atoms with Gasteiger partial charge < -0.3 is 14.6 Å². The van der Waals surface area contributed by atoms with E-state index in [0.717, 1.165) is 37.9 Å². The standard InChI is InChI=1S/C15H18ClN3O2/c1-20-13-9-11(16)2-3-12(13)15-18-14(21-19-15)8-10-4-6-17-7-5-10/h2-3,9-10,17H,4-8H2,1H3. The quantitative estimate of drug-likeness (QED) is 0.941. The number of hydrogen-bond acceptors (Lipinski definition) is 5. The number of ether oxygens (including phenoxy) is 1. The molecule has 6 heteroatoms. The Balaban J connectivity index is 1.78. The van der Waals surface area contributed by atoms with Crippen molar-refractivity contribution in [2.24, 2.45) is 5.92 Å². The molecule has 0 bridgehead atoms. The average Bonchev–Trinajstić information content (AvgIpc) is 2.96. The van der Waals surface area contributed by atoms with Gasteiger partial charge in [-0.15, -0.1) is 0 Å². The van der Waals surface area contributed by atoms with E-state index in [2.05, 4.69) is 15.5 Å². The molecular formula is C15H18ClN3O2. The number of nitrogens with zero attached hydrogens (tertiary/aromatic N) is 2. The first-order chi connectivity index (χ1) is 10.3. The van der Waals surface area contributed by atoms with Gasteiger partial charge in [0, 0.05) is 11.4 Å². The van der Waals surface area contributed by atoms with E-state index in [0.29, 0.717) is 28.4 Å². The number of aromatic nitrogens is 2. The van der Waals surface area contributed by atoms with Gasteiger partial charge in [-0.1, -0.05) is 16.8 Å². The number of benzene rings is 1. The monoisotopic (exact) mass is 307 g/mol. The summed E-state index contributed by atoms with van der Waals surface area (Å²) in [5.41, 5.74) is 0.794. The summed E-state index contributed by atoms with van der Waals surface area (Å²) in [6.07, 6.45) is 3.15. The molecular weight excluding hydrogens is 290 g/mol. The molecule has 0 radical (unpaired) electrons. The van der Waals surface area contributed by atoms with Crippen molar-refractivity contribution in [3.63, 3.8) is 0 Å². The third-order valence-corrected chi connectivity index (χ3v) is 4.03. The second-order valence-electron chi connectivity index (χ2n) is 5.25. The fraction of sp³-hybridized carbons (Fsp3) is 0.467. The van der Waals surface area contributed by atoms with E-state index in [1.165, 1.54) is 0 Å². The van der Waals surface area contributed by atoms with Crippen LogP contribution in [0.2, 0.25) is 5.02 Å². The Labute approximate surface area is 128 Å². The van der Waals surface area contributed by atoms with Crippen LogP contribution >= 0.6 is 11.6 Å². The van der Waals surface area contributed by atoms with E-state index < -0.39 is 0 Å². The largest absolute Gasteiger partial charge is 0.496 e. The smallest absolute Gasteiger partial charge is 0.227 e. The van der Waals surface area contributed by atoms with Crippen molar-refractivity contribution in [3.8, 4) is 17.1 Å². The molecule has 3 rings (SSSR count). The van der Waals surface area contributed by atoms with Gasteiger partial charge in [-0.3, -0.25) is 0 Å². The summed E-state index contributed by atoms with van der Waals surface area (Å²) < 4.78 is 10.7. The first-order valence-electron chi connectivity index (χ1n) is 7.13. The van der Waals surface area contributed by atoms with Crippen molar-refractivity contribution in [1.29, 1.82) is 0 Å². The third kappa shape index (κ3) is 3.36. The minimum Gasteiger partial charge on any atom is -0.496 e. The number of piperidine rings is 1. The second kappa shape index (κ2) is 6.45. The van der Waals surface area contributed by atoms with Crippen LogP contribution in [0.25, 0.3) is 11.4 Å². The van der Waals surface area contributed by atoms with Crippen LogP contribution < -0.4 is 10.1 Å². The fourth-order valence-corrected chi connectivity index (χ4v) is 2.79. The SMILES string of the molecule is COc1cc(Cl)ccc1-c1noc(CC2CCNCC2)n1. The van der Waals surface area contributed by atoms with Gasteiger partial charge in [-0.05, 0) is 50.0 Å². The Hall–Kier alpha value is -1.59. The highest BCUT2D eigenvalue weighted by Gasteiger charge is 2.19.